The molecule has 0 amide bonds. The van der Waals surface area contributed by atoms with Gasteiger partial charge in [-0.15, -0.1) is 0 Å². The average Bonchev–Trinajstić information content (AvgIpc) is 2.29. The van der Waals surface area contributed by atoms with E-state index in [1.54, 1.807) is 0 Å². The maximum absolute atomic E-state index is 10.8. The number of nitrogens with two attached hydrogens (primary N) is 1. The van der Waals surface area contributed by atoms with E-state index in [4.69, 9.17) is 10.8 Å². The first kappa shape index (κ1) is 12.1. The van der Waals surface area contributed by atoms with Gasteiger partial charge in [0.25, 0.3) is 0 Å². The van der Waals surface area contributed by atoms with Crippen molar-refractivity contribution in [2.24, 2.45) is 0 Å². The van der Waals surface area contributed by atoms with Gasteiger partial charge >= 0.3 is 5.97 Å². The highest BCUT2D eigenvalue weighted by molar-refractivity contribution is 7.99. The molecule has 0 saturated carbocycles. The van der Waals surface area contributed by atoms with E-state index in [2.05, 4.69) is 14.9 Å². The number of carboxylic acids is 1. The minimum Gasteiger partial charge on any atom is -0.477 e. The van der Waals surface area contributed by atoms with Crippen LogP contribution in [0.3, 0.4) is 0 Å². The third kappa shape index (κ3) is 2.50. The highest BCUT2D eigenvalue weighted by Crippen LogP contribution is 2.26. The summed E-state index contributed by atoms with van der Waals surface area (Å²) in [6.45, 7) is 0.972. The summed E-state index contributed by atoms with van der Waals surface area (Å²) in [7, 11) is 2.01. The highest BCUT2D eigenvalue weighted by Gasteiger charge is 2.24. The summed E-state index contributed by atoms with van der Waals surface area (Å²) in [4.78, 5) is 21.2. The molecule has 0 aliphatic carbocycles. The maximum Gasteiger partial charge on any atom is 0.341 e. The Bertz CT molecular complexity index is 440. The lowest BCUT2D eigenvalue weighted by Gasteiger charge is -2.30. The van der Waals surface area contributed by atoms with Crippen molar-refractivity contribution in [1.82, 2.24) is 14.9 Å². The predicted molar refractivity (Wildman–Crippen MR) is 66.1 cm³/mol. The predicted octanol–water partition coefficient (Wildman–Crippen LogP) is 0.477. The van der Waals surface area contributed by atoms with Crippen LogP contribution in [-0.2, 0) is 0 Å². The number of thioether (sulfide) groups is 1. The Hall–Kier alpha value is -1.34. The molecule has 6 nitrogen and oxygen atoms in total. The van der Waals surface area contributed by atoms with Gasteiger partial charge in [0.1, 0.15) is 17.2 Å². The van der Waals surface area contributed by atoms with Crippen LogP contribution in [0.25, 0.3) is 0 Å². The fourth-order valence-corrected chi connectivity index (χ4v) is 2.90. The Morgan fingerprint density at radius 3 is 3.06 bits per heavy atom. The van der Waals surface area contributed by atoms with E-state index < -0.39 is 5.97 Å². The van der Waals surface area contributed by atoms with Crippen molar-refractivity contribution in [1.29, 1.82) is 0 Å². The highest BCUT2D eigenvalue weighted by atomic mass is 32.2. The number of aromatic carboxylic acids is 1. The number of carboxylic acid groups (broad SMARTS) is 1. The molecular weight excluding hydrogens is 240 g/mol. The SMILES string of the molecule is CN1CCSCC1c1ncc(C(=O)O)c(N)n1. The van der Waals surface area contributed by atoms with E-state index in [1.807, 2.05) is 18.8 Å². The molecule has 0 aromatic carbocycles. The molecule has 0 radical (unpaired) electrons. The minimum absolute atomic E-state index is 0.0338. The van der Waals surface area contributed by atoms with Gasteiger partial charge in [-0.25, -0.2) is 14.8 Å². The Kier molecular flexibility index (Phi) is 3.49. The van der Waals surface area contributed by atoms with E-state index >= 15 is 0 Å². The van der Waals surface area contributed by atoms with Crippen LogP contribution in [0, 0.1) is 0 Å². The molecule has 17 heavy (non-hydrogen) atoms. The molecule has 7 heteroatoms. The minimum atomic E-state index is -1.10. The summed E-state index contributed by atoms with van der Waals surface area (Å²) < 4.78 is 0. The molecular formula is C10H14N4O2S. The molecule has 2 heterocycles. The zero-order chi connectivity index (χ0) is 12.4. The van der Waals surface area contributed by atoms with Gasteiger partial charge in [0.2, 0.25) is 0 Å². The number of anilines is 1. The molecule has 0 spiro atoms. The molecule has 1 unspecified atom stereocenters. The van der Waals surface area contributed by atoms with E-state index in [-0.39, 0.29) is 17.4 Å². The summed E-state index contributed by atoms with van der Waals surface area (Å²) in [5, 5.41) is 8.84. The van der Waals surface area contributed by atoms with Crippen LogP contribution in [0.15, 0.2) is 6.20 Å². The fraction of sp³-hybridized carbons (Fsp3) is 0.500. The zero-order valence-electron chi connectivity index (χ0n) is 9.46. The molecule has 0 bridgehead atoms. The van der Waals surface area contributed by atoms with E-state index in [0.29, 0.717) is 5.82 Å². The first-order chi connectivity index (χ1) is 8.09. The van der Waals surface area contributed by atoms with Crippen LogP contribution >= 0.6 is 11.8 Å². The Labute approximate surface area is 103 Å². The topological polar surface area (TPSA) is 92.3 Å². The number of nitrogen functional groups attached to an aromatic ring is 1. The summed E-state index contributed by atoms with van der Waals surface area (Å²) in [5.41, 5.74) is 5.58. The van der Waals surface area contributed by atoms with Crippen LogP contribution < -0.4 is 5.73 Å². The van der Waals surface area contributed by atoms with Gasteiger partial charge in [-0.05, 0) is 7.05 Å². The molecule has 1 aliphatic heterocycles. The molecule has 2 rings (SSSR count). The smallest absolute Gasteiger partial charge is 0.341 e. The molecule has 1 aromatic heterocycles. The van der Waals surface area contributed by atoms with E-state index in [0.717, 1.165) is 18.1 Å². The van der Waals surface area contributed by atoms with Crippen LogP contribution in [-0.4, -0.2) is 51.0 Å². The first-order valence-electron chi connectivity index (χ1n) is 5.23. The van der Waals surface area contributed by atoms with Gasteiger partial charge in [0.05, 0.1) is 6.04 Å². The third-order valence-electron chi connectivity index (χ3n) is 2.76. The summed E-state index contributed by atoms with van der Waals surface area (Å²) in [6, 6.07) is 0.110. The Balaban J connectivity index is 2.27. The van der Waals surface area contributed by atoms with Gasteiger partial charge in [-0.1, -0.05) is 0 Å². The number of aromatic nitrogens is 2. The molecule has 3 N–H and O–H groups in total. The molecule has 1 fully saturated rings. The summed E-state index contributed by atoms with van der Waals surface area (Å²) >= 11 is 1.84. The lowest BCUT2D eigenvalue weighted by molar-refractivity contribution is 0.0697. The Morgan fingerprint density at radius 1 is 1.71 bits per heavy atom. The van der Waals surface area contributed by atoms with Crippen molar-refractivity contribution in [2.75, 3.05) is 30.8 Å². The molecule has 1 atom stereocenters. The van der Waals surface area contributed by atoms with Crippen molar-refractivity contribution >= 4 is 23.5 Å². The number of rotatable bonds is 2. The Morgan fingerprint density at radius 2 is 2.47 bits per heavy atom. The monoisotopic (exact) mass is 254 g/mol. The van der Waals surface area contributed by atoms with Gasteiger partial charge < -0.3 is 10.8 Å². The number of hydrogen-bond donors (Lipinski definition) is 2. The summed E-state index contributed by atoms with van der Waals surface area (Å²) in [5.74, 6) is 1.53. The molecule has 1 aromatic rings. The van der Waals surface area contributed by atoms with Crippen LogP contribution in [0.2, 0.25) is 0 Å². The number of nitrogens with zero attached hydrogens (tertiary/aromatic N) is 3. The van der Waals surface area contributed by atoms with Gasteiger partial charge in [0, 0.05) is 24.2 Å². The van der Waals surface area contributed by atoms with E-state index in [1.165, 1.54) is 6.20 Å². The lowest BCUT2D eigenvalue weighted by Crippen LogP contribution is -2.34. The maximum atomic E-state index is 10.8. The number of hydrogen-bond acceptors (Lipinski definition) is 6. The van der Waals surface area contributed by atoms with Crippen LogP contribution in [0.5, 0.6) is 0 Å². The van der Waals surface area contributed by atoms with Crippen LogP contribution in [0.4, 0.5) is 5.82 Å². The van der Waals surface area contributed by atoms with E-state index in [9.17, 15) is 4.79 Å². The molecule has 1 aliphatic rings. The molecule has 92 valence electrons. The van der Waals surface area contributed by atoms with Crippen molar-refractivity contribution in [3.8, 4) is 0 Å². The second-order valence-corrected chi connectivity index (χ2v) is 5.05. The van der Waals surface area contributed by atoms with Crippen molar-refractivity contribution in [2.45, 2.75) is 6.04 Å². The van der Waals surface area contributed by atoms with Crippen LogP contribution in [0.1, 0.15) is 22.2 Å². The normalized spacial score (nSPS) is 21.4. The zero-order valence-corrected chi connectivity index (χ0v) is 10.3. The fourth-order valence-electron chi connectivity index (χ4n) is 1.69. The van der Waals surface area contributed by atoms with Gasteiger partial charge in [0.15, 0.2) is 0 Å². The largest absolute Gasteiger partial charge is 0.477 e. The van der Waals surface area contributed by atoms with Gasteiger partial charge in [-0.3, -0.25) is 4.90 Å². The van der Waals surface area contributed by atoms with Crippen molar-refractivity contribution in [3.63, 3.8) is 0 Å². The summed E-state index contributed by atoms with van der Waals surface area (Å²) in [6.07, 6.45) is 1.28. The third-order valence-corrected chi connectivity index (χ3v) is 3.78. The first-order valence-corrected chi connectivity index (χ1v) is 6.38. The number of carbonyl (C=O) groups is 1. The second-order valence-electron chi connectivity index (χ2n) is 3.90. The lowest BCUT2D eigenvalue weighted by atomic mass is 10.2. The molecule has 1 saturated heterocycles. The van der Waals surface area contributed by atoms with Crippen molar-refractivity contribution in [3.05, 3.63) is 17.6 Å². The standard InChI is InChI=1S/C10H14N4O2S/c1-14-2-3-17-5-7(14)9-12-4-6(10(15)16)8(11)13-9/h4,7H,2-3,5H2,1H3,(H,15,16)(H2,11,12,13). The quantitative estimate of drug-likeness (QED) is 0.792. The van der Waals surface area contributed by atoms with Gasteiger partial charge in [-0.2, -0.15) is 11.8 Å². The van der Waals surface area contributed by atoms with Crippen molar-refractivity contribution < 1.29 is 9.90 Å². The average molecular weight is 254 g/mol. The second kappa shape index (κ2) is 4.89.